The van der Waals surface area contributed by atoms with Crippen molar-refractivity contribution in [2.45, 2.75) is 13.1 Å². The Labute approximate surface area is 156 Å². The van der Waals surface area contributed by atoms with Gasteiger partial charge in [-0.05, 0) is 47.5 Å². The van der Waals surface area contributed by atoms with Crippen LogP contribution in [0, 0.1) is 0 Å². The quantitative estimate of drug-likeness (QED) is 0.701. The molecular weight excluding hydrogens is 344 g/mol. The highest BCUT2D eigenvalue weighted by Gasteiger charge is 2.13. The predicted molar refractivity (Wildman–Crippen MR) is 99.5 cm³/mol. The summed E-state index contributed by atoms with van der Waals surface area (Å²) in [5, 5.41) is 6.12. The van der Waals surface area contributed by atoms with Crippen LogP contribution in [-0.2, 0) is 13.1 Å². The van der Waals surface area contributed by atoms with Gasteiger partial charge in [0.15, 0.2) is 11.5 Å². The summed E-state index contributed by atoms with van der Waals surface area (Å²) < 4.78 is 10.7. The number of anilines is 1. The van der Waals surface area contributed by atoms with Crippen molar-refractivity contribution in [2.75, 3.05) is 12.1 Å². The van der Waals surface area contributed by atoms with Gasteiger partial charge in [-0.2, -0.15) is 0 Å². The minimum Gasteiger partial charge on any atom is -0.454 e. The fourth-order valence-corrected chi connectivity index (χ4v) is 2.66. The van der Waals surface area contributed by atoms with E-state index in [1.54, 1.807) is 24.7 Å². The molecule has 0 saturated heterocycles. The van der Waals surface area contributed by atoms with Crippen LogP contribution >= 0.6 is 0 Å². The molecule has 1 aliphatic rings. The van der Waals surface area contributed by atoms with Crippen molar-refractivity contribution in [2.24, 2.45) is 0 Å². The van der Waals surface area contributed by atoms with Gasteiger partial charge in [0, 0.05) is 25.5 Å². The van der Waals surface area contributed by atoms with Crippen LogP contribution in [0.15, 0.2) is 61.1 Å². The van der Waals surface area contributed by atoms with Crippen LogP contribution in [0.2, 0.25) is 0 Å². The monoisotopic (exact) mass is 362 g/mol. The van der Waals surface area contributed by atoms with E-state index in [2.05, 4.69) is 20.6 Å². The molecule has 2 N–H and O–H groups in total. The lowest BCUT2D eigenvalue weighted by Crippen LogP contribution is -2.23. The Morgan fingerprint density at radius 2 is 1.81 bits per heavy atom. The topological polar surface area (TPSA) is 85.4 Å². The molecule has 0 saturated carbocycles. The van der Waals surface area contributed by atoms with Gasteiger partial charge >= 0.3 is 0 Å². The SMILES string of the molecule is O=C(NCc1ccncc1)c1ccc(NCc2ccc3c(c2)OCO3)cn1. The molecule has 2 aromatic heterocycles. The van der Waals surface area contributed by atoms with E-state index in [4.69, 9.17) is 9.47 Å². The average Bonchev–Trinajstić information content (AvgIpc) is 3.19. The van der Waals surface area contributed by atoms with Gasteiger partial charge in [0.05, 0.1) is 11.9 Å². The number of fused-ring (bicyclic) bond motifs is 1. The van der Waals surface area contributed by atoms with E-state index in [1.165, 1.54) is 0 Å². The summed E-state index contributed by atoms with van der Waals surface area (Å²) >= 11 is 0. The van der Waals surface area contributed by atoms with Gasteiger partial charge in [0.2, 0.25) is 6.79 Å². The lowest BCUT2D eigenvalue weighted by atomic mass is 10.2. The third-order valence-electron chi connectivity index (χ3n) is 4.13. The summed E-state index contributed by atoms with van der Waals surface area (Å²) in [7, 11) is 0. The maximum Gasteiger partial charge on any atom is 0.270 e. The Bertz CT molecular complexity index is 930. The largest absolute Gasteiger partial charge is 0.454 e. The first-order chi connectivity index (χ1) is 13.3. The smallest absolute Gasteiger partial charge is 0.270 e. The summed E-state index contributed by atoms with van der Waals surface area (Å²) in [5.74, 6) is 1.31. The number of amides is 1. The molecule has 7 nitrogen and oxygen atoms in total. The van der Waals surface area contributed by atoms with Gasteiger partial charge < -0.3 is 20.1 Å². The van der Waals surface area contributed by atoms with E-state index >= 15 is 0 Å². The predicted octanol–water partition coefficient (Wildman–Crippen LogP) is 2.75. The number of ether oxygens (including phenoxy) is 2. The van der Waals surface area contributed by atoms with Gasteiger partial charge in [-0.1, -0.05) is 6.07 Å². The number of hydrogen-bond acceptors (Lipinski definition) is 6. The Morgan fingerprint density at radius 1 is 0.963 bits per heavy atom. The third kappa shape index (κ3) is 4.14. The van der Waals surface area contributed by atoms with E-state index < -0.39 is 0 Å². The number of pyridine rings is 2. The second-order valence-corrected chi connectivity index (χ2v) is 6.01. The zero-order valence-corrected chi connectivity index (χ0v) is 14.5. The summed E-state index contributed by atoms with van der Waals surface area (Å²) in [5.41, 5.74) is 3.26. The number of hydrogen-bond donors (Lipinski definition) is 2. The zero-order valence-electron chi connectivity index (χ0n) is 14.5. The number of carbonyl (C=O) groups excluding carboxylic acids is 1. The lowest BCUT2D eigenvalue weighted by Gasteiger charge is -2.08. The Morgan fingerprint density at radius 3 is 2.63 bits per heavy atom. The maximum absolute atomic E-state index is 12.2. The summed E-state index contributed by atoms with van der Waals surface area (Å²) in [4.78, 5) is 20.4. The highest BCUT2D eigenvalue weighted by molar-refractivity contribution is 5.92. The molecule has 0 aliphatic carbocycles. The van der Waals surface area contributed by atoms with Crippen molar-refractivity contribution < 1.29 is 14.3 Å². The van der Waals surface area contributed by atoms with Crippen LogP contribution in [0.1, 0.15) is 21.6 Å². The van der Waals surface area contributed by atoms with Crippen LogP contribution in [0.5, 0.6) is 11.5 Å². The first kappa shape index (κ1) is 16.8. The zero-order chi connectivity index (χ0) is 18.5. The number of nitrogens with one attached hydrogen (secondary N) is 2. The first-order valence-electron chi connectivity index (χ1n) is 8.53. The molecule has 1 aliphatic heterocycles. The number of carbonyl (C=O) groups is 1. The van der Waals surface area contributed by atoms with E-state index in [0.29, 0.717) is 18.8 Å². The Hall–Kier alpha value is -3.61. The molecule has 0 bridgehead atoms. The molecule has 7 heteroatoms. The van der Waals surface area contributed by atoms with Crippen molar-refractivity contribution in [3.05, 3.63) is 77.9 Å². The van der Waals surface area contributed by atoms with Crippen LogP contribution in [-0.4, -0.2) is 22.7 Å². The van der Waals surface area contributed by atoms with Gasteiger partial charge in [0.1, 0.15) is 5.69 Å². The van der Waals surface area contributed by atoms with Crippen molar-refractivity contribution >= 4 is 11.6 Å². The summed E-state index contributed by atoms with van der Waals surface area (Å²) in [6.45, 7) is 1.32. The van der Waals surface area contributed by atoms with Crippen LogP contribution in [0.25, 0.3) is 0 Å². The fraction of sp³-hybridized carbons (Fsp3) is 0.150. The van der Waals surface area contributed by atoms with Crippen LogP contribution in [0.3, 0.4) is 0 Å². The first-order valence-corrected chi connectivity index (χ1v) is 8.53. The van der Waals surface area contributed by atoms with Gasteiger partial charge in [-0.25, -0.2) is 4.98 Å². The number of rotatable bonds is 6. The summed E-state index contributed by atoms with van der Waals surface area (Å²) in [6.07, 6.45) is 5.04. The van der Waals surface area contributed by atoms with Crippen molar-refractivity contribution in [3.8, 4) is 11.5 Å². The highest BCUT2D eigenvalue weighted by atomic mass is 16.7. The highest BCUT2D eigenvalue weighted by Crippen LogP contribution is 2.32. The minimum absolute atomic E-state index is 0.214. The minimum atomic E-state index is -0.214. The molecule has 136 valence electrons. The molecule has 3 heterocycles. The molecule has 3 aromatic rings. The van der Waals surface area contributed by atoms with E-state index in [-0.39, 0.29) is 12.7 Å². The number of nitrogens with zero attached hydrogens (tertiary/aromatic N) is 2. The van der Waals surface area contributed by atoms with Crippen LogP contribution < -0.4 is 20.1 Å². The molecule has 0 unspecified atom stereocenters. The number of aromatic nitrogens is 2. The van der Waals surface area contributed by atoms with Gasteiger partial charge in [-0.15, -0.1) is 0 Å². The van der Waals surface area contributed by atoms with Gasteiger partial charge in [-0.3, -0.25) is 9.78 Å². The standard InChI is InChI=1S/C20H18N4O3/c25-20(24-10-14-5-7-21-8-6-14)17-3-2-16(12-23-17)22-11-15-1-4-18-19(9-15)27-13-26-18/h1-9,12,22H,10-11,13H2,(H,24,25). The van der Waals surface area contributed by atoms with Crippen molar-refractivity contribution in [1.82, 2.24) is 15.3 Å². The number of benzene rings is 1. The average molecular weight is 362 g/mol. The molecule has 0 fully saturated rings. The molecular formula is C20H18N4O3. The van der Waals surface area contributed by atoms with E-state index in [9.17, 15) is 4.79 Å². The second-order valence-electron chi connectivity index (χ2n) is 6.01. The van der Waals surface area contributed by atoms with Crippen molar-refractivity contribution in [3.63, 3.8) is 0 Å². The molecule has 4 rings (SSSR count). The Balaban J connectivity index is 1.31. The lowest BCUT2D eigenvalue weighted by molar-refractivity contribution is 0.0946. The normalized spacial score (nSPS) is 11.9. The fourth-order valence-electron chi connectivity index (χ4n) is 2.66. The van der Waals surface area contributed by atoms with Gasteiger partial charge in [0.25, 0.3) is 5.91 Å². The molecule has 27 heavy (non-hydrogen) atoms. The van der Waals surface area contributed by atoms with E-state index in [0.717, 1.165) is 28.3 Å². The molecule has 0 radical (unpaired) electrons. The maximum atomic E-state index is 12.2. The van der Waals surface area contributed by atoms with E-state index in [1.807, 2.05) is 36.4 Å². The Kier molecular flexibility index (Phi) is 4.82. The third-order valence-corrected chi connectivity index (χ3v) is 4.13. The molecule has 1 amide bonds. The molecule has 1 aromatic carbocycles. The second kappa shape index (κ2) is 7.74. The summed E-state index contributed by atoms with van der Waals surface area (Å²) in [6, 6.07) is 13.1. The molecule has 0 atom stereocenters. The molecule has 0 spiro atoms. The van der Waals surface area contributed by atoms with Crippen molar-refractivity contribution in [1.29, 1.82) is 0 Å². The van der Waals surface area contributed by atoms with Crippen LogP contribution in [0.4, 0.5) is 5.69 Å².